The molecule has 0 aromatic heterocycles. The van der Waals surface area contributed by atoms with Gasteiger partial charge in [0.05, 0.1) is 4.86 Å². The highest BCUT2D eigenvalue weighted by Gasteiger charge is 2.37. The molecule has 0 aliphatic carbocycles. The number of hydrogen-bond donors (Lipinski definition) is 0. The van der Waals surface area contributed by atoms with Gasteiger partial charge in [0.1, 0.15) is 0 Å². The summed E-state index contributed by atoms with van der Waals surface area (Å²) in [6.07, 6.45) is 9.50. The van der Waals surface area contributed by atoms with E-state index in [0.717, 1.165) is 12.8 Å². The molecule has 0 aromatic carbocycles. The topological polar surface area (TPSA) is 44.8 Å². The predicted molar refractivity (Wildman–Crippen MR) is 96.4 cm³/mol. The summed E-state index contributed by atoms with van der Waals surface area (Å²) >= 11 is 5.23. The third-order valence-electron chi connectivity index (χ3n) is 3.91. The fraction of sp³-hybridized carbons (Fsp3) is 0.875. The van der Waals surface area contributed by atoms with Crippen molar-refractivity contribution in [2.45, 2.75) is 70.8 Å². The van der Waals surface area contributed by atoms with Gasteiger partial charge in [0.15, 0.2) is 5.78 Å². The minimum atomic E-state index is -2.62. The second kappa shape index (κ2) is 13.3. The standard InChI is InChI=1S/C16H32O4SSi/c1-5-6-7-8-9-10-11-12-15(17)16(21)13-14-22(18-2,19-3)20-4/h5-14H2,1-4H3. The number of hydrogen-bond acceptors (Lipinski definition) is 5. The average Bonchev–Trinajstić information content (AvgIpc) is 2.55. The Hall–Kier alpha value is -0.143. The van der Waals surface area contributed by atoms with E-state index in [1.165, 1.54) is 32.1 Å². The van der Waals surface area contributed by atoms with Crippen LogP contribution in [0, 0.1) is 0 Å². The molecule has 0 rings (SSSR count). The van der Waals surface area contributed by atoms with Gasteiger partial charge in [0.25, 0.3) is 0 Å². The number of carbonyl (C=O) groups excluding carboxylic acids is 1. The Morgan fingerprint density at radius 2 is 1.36 bits per heavy atom. The predicted octanol–water partition coefficient (Wildman–Crippen LogP) is 4.33. The van der Waals surface area contributed by atoms with Crippen LogP contribution in [0.25, 0.3) is 0 Å². The summed E-state index contributed by atoms with van der Waals surface area (Å²) in [4.78, 5) is 12.5. The van der Waals surface area contributed by atoms with Crippen LogP contribution < -0.4 is 0 Å². The summed E-state index contributed by atoms with van der Waals surface area (Å²) < 4.78 is 16.0. The van der Waals surface area contributed by atoms with Gasteiger partial charge >= 0.3 is 8.80 Å². The zero-order chi connectivity index (χ0) is 16.8. The van der Waals surface area contributed by atoms with E-state index >= 15 is 0 Å². The van der Waals surface area contributed by atoms with Crippen molar-refractivity contribution >= 4 is 31.7 Å². The van der Waals surface area contributed by atoms with Gasteiger partial charge in [0.2, 0.25) is 0 Å². The van der Waals surface area contributed by atoms with Crippen LogP contribution in [-0.2, 0) is 18.1 Å². The van der Waals surface area contributed by atoms with Crippen molar-refractivity contribution in [2.24, 2.45) is 0 Å². The Balaban J connectivity index is 3.86. The fourth-order valence-corrected chi connectivity index (χ4v) is 4.40. The van der Waals surface area contributed by atoms with Crippen LogP contribution >= 0.6 is 12.2 Å². The lowest BCUT2D eigenvalue weighted by Gasteiger charge is -2.24. The Morgan fingerprint density at radius 3 is 1.86 bits per heavy atom. The second-order valence-electron chi connectivity index (χ2n) is 5.51. The van der Waals surface area contributed by atoms with Gasteiger partial charge in [-0.3, -0.25) is 4.79 Å². The van der Waals surface area contributed by atoms with E-state index in [1.54, 1.807) is 21.3 Å². The molecule has 0 atom stereocenters. The van der Waals surface area contributed by atoms with Crippen LogP contribution in [0.15, 0.2) is 0 Å². The van der Waals surface area contributed by atoms with E-state index in [2.05, 4.69) is 6.92 Å². The number of unbranched alkanes of at least 4 members (excludes halogenated alkanes) is 6. The molecule has 0 fully saturated rings. The summed E-state index contributed by atoms with van der Waals surface area (Å²) in [5.74, 6) is 0.0924. The maximum Gasteiger partial charge on any atom is 0.500 e. The largest absolute Gasteiger partial charge is 0.500 e. The molecule has 0 radical (unpaired) electrons. The molecule has 0 spiro atoms. The lowest BCUT2D eigenvalue weighted by molar-refractivity contribution is -0.113. The van der Waals surface area contributed by atoms with E-state index in [-0.39, 0.29) is 5.78 Å². The van der Waals surface area contributed by atoms with Gasteiger partial charge in [-0.1, -0.05) is 57.7 Å². The Morgan fingerprint density at radius 1 is 0.864 bits per heavy atom. The molecule has 0 N–H and O–H groups in total. The first-order valence-electron chi connectivity index (χ1n) is 8.26. The van der Waals surface area contributed by atoms with Crippen molar-refractivity contribution in [3.05, 3.63) is 0 Å². The Kier molecular flexibility index (Phi) is 13.2. The van der Waals surface area contributed by atoms with Crippen LogP contribution in [0.5, 0.6) is 0 Å². The van der Waals surface area contributed by atoms with Crippen molar-refractivity contribution in [1.82, 2.24) is 0 Å². The summed E-state index contributed by atoms with van der Waals surface area (Å²) in [6.45, 7) is 2.22. The van der Waals surface area contributed by atoms with Crippen molar-refractivity contribution < 1.29 is 18.1 Å². The van der Waals surface area contributed by atoms with E-state index in [4.69, 9.17) is 25.5 Å². The molecule has 0 aromatic rings. The minimum Gasteiger partial charge on any atom is -0.377 e. The summed E-state index contributed by atoms with van der Waals surface area (Å²) in [5.41, 5.74) is 0. The maximum atomic E-state index is 12.0. The lowest BCUT2D eigenvalue weighted by Crippen LogP contribution is -2.43. The second-order valence-corrected chi connectivity index (χ2v) is 9.10. The third-order valence-corrected chi connectivity index (χ3v) is 7.07. The summed E-state index contributed by atoms with van der Waals surface area (Å²) in [7, 11) is 2.09. The Labute approximate surface area is 142 Å². The number of thiocarbonyl (C=S) groups is 1. The van der Waals surface area contributed by atoms with Gasteiger partial charge in [0, 0.05) is 33.8 Å². The van der Waals surface area contributed by atoms with E-state index < -0.39 is 8.80 Å². The van der Waals surface area contributed by atoms with E-state index in [0.29, 0.717) is 23.8 Å². The lowest BCUT2D eigenvalue weighted by atomic mass is 10.1. The molecule has 0 unspecified atom stereocenters. The van der Waals surface area contributed by atoms with E-state index in [9.17, 15) is 4.79 Å². The summed E-state index contributed by atoms with van der Waals surface area (Å²) in [6, 6.07) is 0.554. The Bertz CT molecular complexity index is 311. The molecule has 0 aliphatic heterocycles. The molecular weight excluding hydrogens is 316 g/mol. The van der Waals surface area contributed by atoms with Gasteiger partial charge in [-0.2, -0.15) is 0 Å². The fourth-order valence-electron chi connectivity index (χ4n) is 2.34. The highest BCUT2D eigenvalue weighted by atomic mass is 32.1. The summed E-state index contributed by atoms with van der Waals surface area (Å²) in [5, 5.41) is 0. The van der Waals surface area contributed by atoms with Gasteiger partial charge in [-0.25, -0.2) is 0 Å². The van der Waals surface area contributed by atoms with Crippen molar-refractivity contribution in [2.75, 3.05) is 21.3 Å². The maximum absolute atomic E-state index is 12.0. The van der Waals surface area contributed by atoms with Crippen molar-refractivity contribution in [3.8, 4) is 0 Å². The van der Waals surface area contributed by atoms with Gasteiger partial charge in [-0.05, 0) is 12.8 Å². The van der Waals surface area contributed by atoms with Gasteiger partial charge in [-0.15, -0.1) is 0 Å². The SMILES string of the molecule is CCCCCCCCCC(=O)C(=S)CC[Si](OC)(OC)OC. The zero-order valence-corrected chi connectivity index (χ0v) is 16.4. The zero-order valence-electron chi connectivity index (χ0n) is 14.6. The molecule has 0 aliphatic rings. The molecule has 0 amide bonds. The highest BCUT2D eigenvalue weighted by Crippen LogP contribution is 2.17. The molecule has 0 saturated carbocycles. The van der Waals surface area contributed by atoms with Crippen LogP contribution in [0.1, 0.15) is 64.7 Å². The molecule has 130 valence electrons. The molecular formula is C16H32O4SSi. The average molecular weight is 349 g/mol. The number of Topliss-reactive ketones (excluding diaryl/α,β-unsaturated/α-hetero) is 1. The number of rotatable bonds is 15. The molecule has 0 bridgehead atoms. The molecule has 0 saturated heterocycles. The molecule has 0 heterocycles. The van der Waals surface area contributed by atoms with Crippen molar-refractivity contribution in [1.29, 1.82) is 0 Å². The normalized spacial score (nSPS) is 11.6. The van der Waals surface area contributed by atoms with Crippen molar-refractivity contribution in [3.63, 3.8) is 0 Å². The minimum absolute atomic E-state index is 0.0924. The van der Waals surface area contributed by atoms with Crippen LogP contribution in [-0.4, -0.2) is 40.8 Å². The number of carbonyl (C=O) groups is 1. The highest BCUT2D eigenvalue weighted by molar-refractivity contribution is 7.82. The quantitative estimate of drug-likeness (QED) is 0.250. The molecule has 6 heteroatoms. The van der Waals surface area contributed by atoms with Crippen LogP contribution in [0.4, 0.5) is 0 Å². The molecule has 4 nitrogen and oxygen atoms in total. The monoisotopic (exact) mass is 348 g/mol. The smallest absolute Gasteiger partial charge is 0.377 e. The first-order chi connectivity index (χ1) is 10.5. The van der Waals surface area contributed by atoms with E-state index in [1.807, 2.05) is 0 Å². The number of ketones is 1. The van der Waals surface area contributed by atoms with Gasteiger partial charge < -0.3 is 13.3 Å². The van der Waals surface area contributed by atoms with Crippen LogP contribution in [0.3, 0.4) is 0 Å². The molecule has 22 heavy (non-hydrogen) atoms. The van der Waals surface area contributed by atoms with Crippen LogP contribution in [0.2, 0.25) is 6.04 Å². The first-order valence-corrected chi connectivity index (χ1v) is 10.6. The third kappa shape index (κ3) is 9.10. The first kappa shape index (κ1) is 21.9.